The molecule has 0 saturated heterocycles. The van der Waals surface area contributed by atoms with Gasteiger partial charge >= 0.3 is 0 Å². The molecule has 2 aliphatic rings. The first-order chi connectivity index (χ1) is 9.31. The fourth-order valence-electron chi connectivity index (χ4n) is 3.37. The van der Waals surface area contributed by atoms with Gasteiger partial charge in [-0.2, -0.15) is 0 Å². The molecule has 1 fully saturated rings. The number of carbonyl (C=O) groups is 1. The van der Waals surface area contributed by atoms with Crippen LogP contribution in [0, 0.1) is 0 Å². The van der Waals surface area contributed by atoms with Crippen molar-refractivity contribution < 1.29 is 9.90 Å². The van der Waals surface area contributed by atoms with Crippen molar-refractivity contribution in [3.05, 3.63) is 11.6 Å². The second kappa shape index (κ2) is 7.68. The van der Waals surface area contributed by atoms with Crippen molar-refractivity contribution in [1.82, 2.24) is 4.90 Å². The molecular formula is C16H27NO2. The third-order valence-corrected chi connectivity index (χ3v) is 4.44. The molecule has 0 radical (unpaired) electrons. The minimum Gasteiger partial charge on any atom is -0.395 e. The highest BCUT2D eigenvalue weighted by Gasteiger charge is 2.25. The Morgan fingerprint density at radius 2 is 2.00 bits per heavy atom. The van der Waals surface area contributed by atoms with E-state index in [-0.39, 0.29) is 12.5 Å². The molecule has 3 heteroatoms. The van der Waals surface area contributed by atoms with Crippen LogP contribution >= 0.6 is 0 Å². The average Bonchev–Trinajstić information content (AvgIpc) is 2.46. The van der Waals surface area contributed by atoms with Gasteiger partial charge in [0, 0.05) is 19.0 Å². The lowest BCUT2D eigenvalue weighted by Crippen LogP contribution is -2.43. The molecule has 1 N–H and O–H groups in total. The van der Waals surface area contributed by atoms with Gasteiger partial charge < -0.3 is 10.0 Å². The molecule has 0 atom stereocenters. The fourth-order valence-corrected chi connectivity index (χ4v) is 3.37. The van der Waals surface area contributed by atoms with E-state index >= 15 is 0 Å². The van der Waals surface area contributed by atoms with Crippen molar-refractivity contribution in [2.75, 3.05) is 13.2 Å². The second-order valence-electron chi connectivity index (χ2n) is 5.89. The predicted molar refractivity (Wildman–Crippen MR) is 76.8 cm³/mol. The summed E-state index contributed by atoms with van der Waals surface area (Å²) in [6, 6.07) is 0.373. The first kappa shape index (κ1) is 14.6. The summed E-state index contributed by atoms with van der Waals surface area (Å²) in [7, 11) is 0. The molecule has 0 spiro atoms. The summed E-state index contributed by atoms with van der Waals surface area (Å²) in [4.78, 5) is 14.4. The van der Waals surface area contributed by atoms with Gasteiger partial charge in [-0.15, -0.1) is 0 Å². The average molecular weight is 265 g/mol. The van der Waals surface area contributed by atoms with Crippen LogP contribution in [-0.2, 0) is 4.79 Å². The van der Waals surface area contributed by atoms with Gasteiger partial charge in [0.05, 0.1) is 6.61 Å². The maximum Gasteiger partial charge on any atom is 0.226 e. The van der Waals surface area contributed by atoms with Crippen molar-refractivity contribution in [2.45, 2.75) is 70.3 Å². The molecule has 108 valence electrons. The van der Waals surface area contributed by atoms with Gasteiger partial charge in [0.15, 0.2) is 0 Å². The fraction of sp³-hybridized carbons (Fsp3) is 0.812. The number of hydrogen-bond donors (Lipinski definition) is 1. The number of amides is 1. The predicted octanol–water partition coefficient (Wildman–Crippen LogP) is 3.03. The zero-order valence-corrected chi connectivity index (χ0v) is 11.9. The monoisotopic (exact) mass is 265 g/mol. The number of aliphatic hydroxyl groups excluding tert-OH is 1. The Balaban J connectivity index is 1.92. The number of rotatable bonds is 5. The maximum atomic E-state index is 12.5. The van der Waals surface area contributed by atoms with E-state index in [2.05, 4.69) is 6.08 Å². The molecule has 1 saturated carbocycles. The van der Waals surface area contributed by atoms with Crippen LogP contribution in [0.1, 0.15) is 64.2 Å². The van der Waals surface area contributed by atoms with E-state index in [1.54, 1.807) is 0 Å². The molecule has 0 heterocycles. The van der Waals surface area contributed by atoms with Gasteiger partial charge in [-0.3, -0.25) is 4.79 Å². The van der Waals surface area contributed by atoms with E-state index in [4.69, 9.17) is 0 Å². The smallest absolute Gasteiger partial charge is 0.226 e. The first-order valence-corrected chi connectivity index (χ1v) is 7.89. The molecule has 2 aliphatic carbocycles. The summed E-state index contributed by atoms with van der Waals surface area (Å²) in [6.07, 6.45) is 13.5. The normalized spacial score (nSPS) is 21.0. The summed E-state index contributed by atoms with van der Waals surface area (Å²) in [5, 5.41) is 9.21. The zero-order chi connectivity index (χ0) is 13.5. The Morgan fingerprint density at radius 1 is 1.21 bits per heavy atom. The van der Waals surface area contributed by atoms with Crippen molar-refractivity contribution in [2.24, 2.45) is 0 Å². The van der Waals surface area contributed by atoms with Gasteiger partial charge in [-0.25, -0.2) is 0 Å². The molecule has 0 bridgehead atoms. The zero-order valence-electron chi connectivity index (χ0n) is 11.9. The molecule has 0 aromatic carbocycles. The van der Waals surface area contributed by atoms with Crippen molar-refractivity contribution in [3.63, 3.8) is 0 Å². The molecule has 0 unspecified atom stereocenters. The summed E-state index contributed by atoms with van der Waals surface area (Å²) in [5.41, 5.74) is 1.31. The van der Waals surface area contributed by atoms with Crippen LogP contribution in [0.25, 0.3) is 0 Å². The number of nitrogens with zero attached hydrogens (tertiary/aromatic N) is 1. The van der Waals surface area contributed by atoms with E-state index in [0.29, 0.717) is 19.0 Å². The lowest BCUT2D eigenvalue weighted by atomic mass is 9.92. The molecule has 2 rings (SSSR count). The maximum absolute atomic E-state index is 12.5. The Labute approximate surface area is 116 Å². The summed E-state index contributed by atoms with van der Waals surface area (Å²) < 4.78 is 0. The lowest BCUT2D eigenvalue weighted by molar-refractivity contribution is -0.134. The Hall–Kier alpha value is -0.830. The van der Waals surface area contributed by atoms with Crippen LogP contribution in [0.5, 0.6) is 0 Å². The Morgan fingerprint density at radius 3 is 2.63 bits per heavy atom. The molecular weight excluding hydrogens is 238 g/mol. The summed E-state index contributed by atoms with van der Waals surface area (Å²) in [6.45, 7) is 0.595. The van der Waals surface area contributed by atoms with Gasteiger partial charge in [0.1, 0.15) is 0 Å². The SMILES string of the molecule is O=C(CC1=CCCCC1)N(CCO)C1CCCCC1. The Kier molecular flexibility index (Phi) is 5.90. The highest BCUT2D eigenvalue weighted by Crippen LogP contribution is 2.25. The van der Waals surface area contributed by atoms with E-state index in [9.17, 15) is 9.90 Å². The van der Waals surface area contributed by atoms with Crippen molar-refractivity contribution >= 4 is 5.91 Å². The van der Waals surface area contributed by atoms with Gasteiger partial charge in [0.25, 0.3) is 0 Å². The lowest BCUT2D eigenvalue weighted by Gasteiger charge is -2.34. The minimum atomic E-state index is 0.0846. The standard InChI is InChI=1S/C16H27NO2/c18-12-11-17(15-9-5-2-6-10-15)16(19)13-14-7-3-1-4-8-14/h7,15,18H,1-6,8-13H2. The Bertz CT molecular complexity index is 319. The third kappa shape index (κ3) is 4.34. The van der Waals surface area contributed by atoms with Crippen LogP contribution in [0.3, 0.4) is 0 Å². The van der Waals surface area contributed by atoms with Crippen molar-refractivity contribution in [3.8, 4) is 0 Å². The largest absolute Gasteiger partial charge is 0.395 e. The van der Waals surface area contributed by atoms with Gasteiger partial charge in [0.2, 0.25) is 5.91 Å². The molecule has 19 heavy (non-hydrogen) atoms. The van der Waals surface area contributed by atoms with Gasteiger partial charge in [-0.05, 0) is 38.5 Å². The van der Waals surface area contributed by atoms with Crippen molar-refractivity contribution in [1.29, 1.82) is 0 Å². The molecule has 3 nitrogen and oxygen atoms in total. The van der Waals surface area contributed by atoms with E-state index in [1.807, 2.05) is 4.90 Å². The highest BCUT2D eigenvalue weighted by atomic mass is 16.3. The van der Waals surface area contributed by atoms with E-state index < -0.39 is 0 Å². The minimum absolute atomic E-state index is 0.0846. The van der Waals surface area contributed by atoms with Crippen LogP contribution in [0.2, 0.25) is 0 Å². The number of carbonyl (C=O) groups excluding carboxylic acids is 1. The van der Waals surface area contributed by atoms with Crippen LogP contribution < -0.4 is 0 Å². The summed E-state index contributed by atoms with van der Waals surface area (Å²) >= 11 is 0. The van der Waals surface area contributed by atoms with Crippen LogP contribution in [-0.4, -0.2) is 35.1 Å². The second-order valence-corrected chi connectivity index (χ2v) is 5.89. The highest BCUT2D eigenvalue weighted by molar-refractivity contribution is 5.79. The van der Waals surface area contributed by atoms with E-state index in [0.717, 1.165) is 25.7 Å². The van der Waals surface area contributed by atoms with Crippen LogP contribution in [0.4, 0.5) is 0 Å². The number of aliphatic hydroxyl groups is 1. The van der Waals surface area contributed by atoms with Gasteiger partial charge in [-0.1, -0.05) is 30.9 Å². The molecule has 1 amide bonds. The molecule has 0 aromatic heterocycles. The first-order valence-electron chi connectivity index (χ1n) is 7.89. The quantitative estimate of drug-likeness (QED) is 0.776. The third-order valence-electron chi connectivity index (χ3n) is 4.44. The van der Waals surface area contributed by atoms with E-state index in [1.165, 1.54) is 37.7 Å². The van der Waals surface area contributed by atoms with Crippen LogP contribution in [0.15, 0.2) is 11.6 Å². The number of allylic oxidation sites excluding steroid dienone is 1. The summed E-state index contributed by atoms with van der Waals surface area (Å²) in [5.74, 6) is 0.231. The number of hydrogen-bond acceptors (Lipinski definition) is 2. The topological polar surface area (TPSA) is 40.5 Å². The molecule has 0 aliphatic heterocycles. The molecule has 0 aromatic rings.